The van der Waals surface area contributed by atoms with Gasteiger partial charge in [0.15, 0.2) is 0 Å². The Morgan fingerprint density at radius 1 is 1.22 bits per heavy atom. The van der Waals surface area contributed by atoms with Crippen LogP contribution < -0.4 is 5.32 Å². The van der Waals surface area contributed by atoms with Gasteiger partial charge in [-0.05, 0) is 44.1 Å². The van der Waals surface area contributed by atoms with Gasteiger partial charge in [-0.15, -0.1) is 0 Å². The highest BCUT2D eigenvalue weighted by Crippen LogP contribution is 2.29. The van der Waals surface area contributed by atoms with Crippen LogP contribution in [-0.4, -0.2) is 36.0 Å². The van der Waals surface area contributed by atoms with Gasteiger partial charge in [-0.1, -0.05) is 20.8 Å². The van der Waals surface area contributed by atoms with Crippen molar-refractivity contribution in [3.8, 4) is 0 Å². The van der Waals surface area contributed by atoms with Crippen molar-refractivity contribution in [1.82, 2.24) is 10.2 Å². The molecule has 2 rings (SSSR count). The van der Waals surface area contributed by atoms with E-state index in [0.29, 0.717) is 23.4 Å². The van der Waals surface area contributed by atoms with Gasteiger partial charge in [0.25, 0.3) is 0 Å². The van der Waals surface area contributed by atoms with E-state index < -0.39 is 0 Å². The molecule has 2 unspecified atom stereocenters. The predicted octanol–water partition coefficient (Wildman–Crippen LogP) is 2.56. The molecule has 2 aliphatic heterocycles. The number of nitrogens with zero attached hydrogens (tertiary/aromatic N) is 1. The van der Waals surface area contributed by atoms with Crippen molar-refractivity contribution in [3.63, 3.8) is 0 Å². The molecule has 18 heavy (non-hydrogen) atoms. The second kappa shape index (κ2) is 5.60. The molecule has 0 aliphatic carbocycles. The fourth-order valence-electron chi connectivity index (χ4n) is 3.29. The molecule has 2 atom stereocenters. The van der Waals surface area contributed by atoms with Crippen LogP contribution in [-0.2, 0) is 4.79 Å². The first-order chi connectivity index (χ1) is 8.47. The second-order valence-electron chi connectivity index (χ2n) is 7.09. The molecule has 2 saturated heterocycles. The Balaban J connectivity index is 1.85. The lowest BCUT2D eigenvalue weighted by atomic mass is 9.90. The minimum Gasteiger partial charge on any atom is -0.335 e. The summed E-state index contributed by atoms with van der Waals surface area (Å²) >= 11 is 0. The molecule has 0 spiro atoms. The highest BCUT2D eigenvalue weighted by atomic mass is 16.2. The van der Waals surface area contributed by atoms with Gasteiger partial charge in [0.2, 0.25) is 5.91 Å². The van der Waals surface area contributed by atoms with Gasteiger partial charge in [0.1, 0.15) is 0 Å². The van der Waals surface area contributed by atoms with Gasteiger partial charge in [-0.25, -0.2) is 0 Å². The first-order valence-electron chi connectivity index (χ1n) is 7.49. The third-order valence-corrected chi connectivity index (χ3v) is 4.26. The molecule has 1 amide bonds. The maximum Gasteiger partial charge on any atom is 0.223 e. The Hall–Kier alpha value is -0.570. The number of carbonyl (C=O) groups is 1. The Morgan fingerprint density at radius 2 is 1.94 bits per heavy atom. The monoisotopic (exact) mass is 252 g/mol. The van der Waals surface area contributed by atoms with Crippen LogP contribution >= 0.6 is 0 Å². The van der Waals surface area contributed by atoms with E-state index in [4.69, 9.17) is 0 Å². The number of carbonyl (C=O) groups excluding carboxylic acids is 1. The molecule has 2 aliphatic rings. The van der Waals surface area contributed by atoms with Gasteiger partial charge in [-0.3, -0.25) is 4.79 Å². The van der Waals surface area contributed by atoms with Crippen LogP contribution in [0.25, 0.3) is 0 Å². The Bertz CT molecular complexity index is 281. The van der Waals surface area contributed by atoms with Crippen molar-refractivity contribution in [2.24, 2.45) is 5.41 Å². The van der Waals surface area contributed by atoms with Crippen LogP contribution in [0, 0.1) is 5.41 Å². The van der Waals surface area contributed by atoms with Crippen molar-refractivity contribution in [2.75, 3.05) is 13.1 Å². The third-order valence-electron chi connectivity index (χ3n) is 4.26. The van der Waals surface area contributed by atoms with E-state index >= 15 is 0 Å². The zero-order chi connectivity index (χ0) is 13.2. The highest BCUT2D eigenvalue weighted by molar-refractivity contribution is 5.77. The summed E-state index contributed by atoms with van der Waals surface area (Å²) in [6.07, 6.45) is 6.47. The zero-order valence-corrected chi connectivity index (χ0v) is 12.2. The van der Waals surface area contributed by atoms with E-state index in [-0.39, 0.29) is 0 Å². The molecular formula is C15H28N2O. The second-order valence-corrected chi connectivity index (χ2v) is 7.09. The summed E-state index contributed by atoms with van der Waals surface area (Å²) in [5.74, 6) is 0.399. The van der Waals surface area contributed by atoms with Crippen LogP contribution in [0.1, 0.15) is 59.3 Å². The lowest BCUT2D eigenvalue weighted by molar-refractivity contribution is -0.134. The third kappa shape index (κ3) is 3.47. The number of fused-ring (bicyclic) bond motifs is 2. The molecule has 0 aromatic heterocycles. The summed E-state index contributed by atoms with van der Waals surface area (Å²) in [6, 6.07) is 0.992. The van der Waals surface area contributed by atoms with E-state index in [1.807, 2.05) is 0 Å². The lowest BCUT2D eigenvalue weighted by Crippen LogP contribution is -2.42. The average Bonchev–Trinajstić information content (AvgIpc) is 2.50. The quantitative estimate of drug-likeness (QED) is 0.837. The number of rotatable bonds is 3. The maximum absolute atomic E-state index is 12.4. The summed E-state index contributed by atoms with van der Waals surface area (Å²) in [7, 11) is 0. The molecule has 0 radical (unpaired) electrons. The Morgan fingerprint density at radius 3 is 2.67 bits per heavy atom. The first-order valence-corrected chi connectivity index (χ1v) is 7.49. The molecular weight excluding hydrogens is 224 g/mol. The van der Waals surface area contributed by atoms with E-state index in [1.165, 1.54) is 12.8 Å². The minimum atomic E-state index is 0.347. The molecule has 3 heteroatoms. The maximum atomic E-state index is 12.4. The standard InChI is InChI=1S/C15H28N2O/c1-15(2,3)9-4-5-14(18)17-12-6-7-13(17)11-16-10-8-12/h12-13,16H,4-11H2,1-3H3. The van der Waals surface area contributed by atoms with Crippen molar-refractivity contribution >= 4 is 5.91 Å². The van der Waals surface area contributed by atoms with Gasteiger partial charge in [0.05, 0.1) is 0 Å². The zero-order valence-electron chi connectivity index (χ0n) is 12.2. The van der Waals surface area contributed by atoms with Crippen LogP contribution in [0.5, 0.6) is 0 Å². The molecule has 2 fully saturated rings. The van der Waals surface area contributed by atoms with Gasteiger partial charge < -0.3 is 10.2 Å². The number of hydrogen-bond acceptors (Lipinski definition) is 2. The fraction of sp³-hybridized carbons (Fsp3) is 0.933. The van der Waals surface area contributed by atoms with E-state index in [1.54, 1.807) is 0 Å². The Labute approximate surface area is 111 Å². The summed E-state index contributed by atoms with van der Waals surface area (Å²) in [5.41, 5.74) is 0.347. The van der Waals surface area contributed by atoms with E-state index in [2.05, 4.69) is 31.0 Å². The minimum absolute atomic E-state index is 0.347. The topological polar surface area (TPSA) is 32.3 Å². The smallest absolute Gasteiger partial charge is 0.223 e. The van der Waals surface area contributed by atoms with Gasteiger partial charge in [-0.2, -0.15) is 0 Å². The summed E-state index contributed by atoms with van der Waals surface area (Å²) in [4.78, 5) is 14.6. The Kier molecular flexibility index (Phi) is 4.31. The van der Waals surface area contributed by atoms with Crippen molar-refractivity contribution in [3.05, 3.63) is 0 Å². The van der Waals surface area contributed by atoms with Crippen molar-refractivity contribution in [1.29, 1.82) is 0 Å². The van der Waals surface area contributed by atoms with Crippen LogP contribution in [0.4, 0.5) is 0 Å². The van der Waals surface area contributed by atoms with Crippen molar-refractivity contribution < 1.29 is 4.79 Å². The lowest BCUT2D eigenvalue weighted by Gasteiger charge is -2.28. The molecule has 0 aromatic carbocycles. The molecule has 1 N–H and O–H groups in total. The summed E-state index contributed by atoms with van der Waals surface area (Å²) in [5, 5.41) is 3.45. The van der Waals surface area contributed by atoms with Crippen LogP contribution in [0.2, 0.25) is 0 Å². The number of nitrogens with one attached hydrogen (secondary N) is 1. The van der Waals surface area contributed by atoms with Gasteiger partial charge in [0, 0.05) is 25.0 Å². The normalized spacial score (nSPS) is 28.3. The van der Waals surface area contributed by atoms with Crippen molar-refractivity contribution in [2.45, 2.75) is 71.4 Å². The number of hydrogen-bond donors (Lipinski definition) is 1. The molecule has 104 valence electrons. The fourth-order valence-corrected chi connectivity index (χ4v) is 3.29. The van der Waals surface area contributed by atoms with Gasteiger partial charge >= 0.3 is 0 Å². The van der Waals surface area contributed by atoms with E-state index in [0.717, 1.165) is 38.8 Å². The number of amides is 1. The summed E-state index contributed by atoms with van der Waals surface area (Å²) < 4.78 is 0. The molecule has 0 saturated carbocycles. The average molecular weight is 252 g/mol. The molecule has 2 heterocycles. The largest absolute Gasteiger partial charge is 0.335 e. The molecule has 0 aromatic rings. The predicted molar refractivity (Wildman–Crippen MR) is 74.4 cm³/mol. The summed E-state index contributed by atoms with van der Waals surface area (Å²) in [6.45, 7) is 8.82. The highest BCUT2D eigenvalue weighted by Gasteiger charge is 2.37. The van der Waals surface area contributed by atoms with E-state index in [9.17, 15) is 4.79 Å². The SMILES string of the molecule is CC(C)(C)CCCC(=O)N1C2CCNCC1CC2. The van der Waals surface area contributed by atoms with Crippen LogP contribution in [0.3, 0.4) is 0 Å². The molecule has 3 nitrogen and oxygen atoms in total. The molecule has 2 bridgehead atoms. The first kappa shape index (κ1) is 13.9. The van der Waals surface area contributed by atoms with Crippen LogP contribution in [0.15, 0.2) is 0 Å².